The third-order valence-corrected chi connectivity index (χ3v) is 2.73. The van der Waals surface area contributed by atoms with E-state index in [0.717, 1.165) is 22.4 Å². The van der Waals surface area contributed by atoms with Crippen molar-refractivity contribution in [1.29, 1.82) is 0 Å². The van der Waals surface area contributed by atoms with Gasteiger partial charge in [-0.15, -0.1) is 0 Å². The van der Waals surface area contributed by atoms with E-state index >= 15 is 0 Å². The fourth-order valence-electron chi connectivity index (χ4n) is 1.76. The Bertz CT molecular complexity index is 606. The second-order valence-corrected chi connectivity index (χ2v) is 4.21. The quantitative estimate of drug-likeness (QED) is 0.851. The summed E-state index contributed by atoms with van der Waals surface area (Å²) in [5.74, 6) is 6.43. The van der Waals surface area contributed by atoms with E-state index in [-0.39, 0.29) is 6.61 Å². The highest BCUT2D eigenvalue weighted by Crippen LogP contribution is 2.18. The molecule has 0 unspecified atom stereocenters. The van der Waals surface area contributed by atoms with E-state index in [0.29, 0.717) is 6.61 Å². The first-order valence-corrected chi connectivity index (χ1v) is 6.16. The van der Waals surface area contributed by atoms with Crippen molar-refractivity contribution in [2.75, 3.05) is 6.61 Å². The van der Waals surface area contributed by atoms with Crippen LogP contribution >= 0.6 is 0 Å². The molecule has 0 aliphatic heterocycles. The van der Waals surface area contributed by atoms with Gasteiger partial charge in [-0.2, -0.15) is 0 Å². The van der Waals surface area contributed by atoms with Crippen molar-refractivity contribution in [3.63, 3.8) is 0 Å². The zero-order chi connectivity index (χ0) is 13.5. The van der Waals surface area contributed by atoms with Crippen molar-refractivity contribution in [3.05, 3.63) is 65.2 Å². The average Bonchev–Trinajstić information content (AvgIpc) is 2.45. The van der Waals surface area contributed by atoms with Gasteiger partial charge in [-0.1, -0.05) is 42.2 Å². The maximum atomic E-state index is 8.68. The van der Waals surface area contributed by atoms with Gasteiger partial charge in [0.1, 0.15) is 19.0 Å². The molecule has 0 saturated heterocycles. The van der Waals surface area contributed by atoms with Crippen LogP contribution < -0.4 is 4.74 Å². The molecule has 2 rings (SSSR count). The molecule has 0 amide bonds. The maximum absolute atomic E-state index is 8.68. The van der Waals surface area contributed by atoms with Gasteiger partial charge in [-0.25, -0.2) is 0 Å². The number of rotatable bonds is 3. The van der Waals surface area contributed by atoms with Gasteiger partial charge in [0, 0.05) is 5.56 Å². The molecule has 0 aliphatic rings. The molecule has 96 valence electrons. The highest BCUT2D eigenvalue weighted by Gasteiger charge is 1.99. The Morgan fingerprint density at radius 2 is 1.95 bits per heavy atom. The largest absolute Gasteiger partial charge is 0.489 e. The van der Waals surface area contributed by atoms with E-state index in [2.05, 4.69) is 11.8 Å². The lowest BCUT2D eigenvalue weighted by atomic mass is 10.1. The lowest BCUT2D eigenvalue weighted by molar-refractivity contribution is 0.304. The Labute approximate surface area is 113 Å². The Morgan fingerprint density at radius 1 is 1.11 bits per heavy atom. The summed E-state index contributed by atoms with van der Waals surface area (Å²) in [6, 6.07) is 15.8. The van der Waals surface area contributed by atoms with Crippen LogP contribution in [0.1, 0.15) is 16.7 Å². The van der Waals surface area contributed by atoms with Crippen LogP contribution in [-0.4, -0.2) is 11.7 Å². The van der Waals surface area contributed by atoms with Gasteiger partial charge in [-0.05, 0) is 36.2 Å². The van der Waals surface area contributed by atoms with E-state index in [9.17, 15) is 0 Å². The van der Waals surface area contributed by atoms with Crippen LogP contribution in [0.4, 0.5) is 0 Å². The van der Waals surface area contributed by atoms with Gasteiger partial charge >= 0.3 is 0 Å². The highest BCUT2D eigenvalue weighted by molar-refractivity contribution is 5.37. The van der Waals surface area contributed by atoms with Crippen LogP contribution in [0.15, 0.2) is 48.5 Å². The lowest BCUT2D eigenvalue weighted by Gasteiger charge is -2.09. The molecule has 0 heterocycles. The predicted molar refractivity (Wildman–Crippen MR) is 75.9 cm³/mol. The Balaban J connectivity index is 2.06. The molecule has 0 atom stereocenters. The topological polar surface area (TPSA) is 29.5 Å². The third-order valence-electron chi connectivity index (χ3n) is 2.73. The number of hydrogen-bond acceptors (Lipinski definition) is 2. The standard InChI is InChI=1S/C17H16O2/c1-14-6-2-3-10-17(14)19-13-16-8-4-7-15(12-16)9-5-11-18/h2-4,6-8,10,12,18H,11,13H2,1H3. The average molecular weight is 252 g/mol. The van der Waals surface area contributed by atoms with Crippen molar-refractivity contribution in [2.24, 2.45) is 0 Å². The van der Waals surface area contributed by atoms with E-state index in [4.69, 9.17) is 9.84 Å². The number of aliphatic hydroxyl groups is 1. The highest BCUT2D eigenvalue weighted by atomic mass is 16.5. The fourth-order valence-corrected chi connectivity index (χ4v) is 1.76. The molecule has 2 aromatic carbocycles. The zero-order valence-corrected chi connectivity index (χ0v) is 10.9. The van der Waals surface area contributed by atoms with Crippen molar-refractivity contribution >= 4 is 0 Å². The number of ether oxygens (including phenoxy) is 1. The van der Waals surface area contributed by atoms with Crippen molar-refractivity contribution < 1.29 is 9.84 Å². The SMILES string of the molecule is Cc1ccccc1OCc1cccc(C#CCO)c1. The summed E-state index contributed by atoms with van der Waals surface area (Å²) in [6.45, 7) is 2.42. The summed E-state index contributed by atoms with van der Waals surface area (Å²) in [5.41, 5.74) is 3.08. The number of aryl methyl sites for hydroxylation is 1. The van der Waals surface area contributed by atoms with Crippen LogP contribution in [0.25, 0.3) is 0 Å². The molecule has 0 fully saturated rings. The van der Waals surface area contributed by atoms with Crippen LogP contribution in [0, 0.1) is 18.8 Å². The summed E-state index contributed by atoms with van der Waals surface area (Å²) in [4.78, 5) is 0. The summed E-state index contributed by atoms with van der Waals surface area (Å²) >= 11 is 0. The molecule has 0 saturated carbocycles. The fraction of sp³-hybridized carbons (Fsp3) is 0.176. The Morgan fingerprint density at radius 3 is 2.74 bits per heavy atom. The zero-order valence-electron chi connectivity index (χ0n) is 10.9. The molecule has 1 N–H and O–H groups in total. The Kier molecular flexibility index (Phi) is 4.60. The number of aliphatic hydroxyl groups excluding tert-OH is 1. The molecule has 0 bridgehead atoms. The predicted octanol–water partition coefficient (Wildman–Crippen LogP) is 2.92. The minimum Gasteiger partial charge on any atom is -0.489 e. The summed E-state index contributed by atoms with van der Waals surface area (Å²) in [6.07, 6.45) is 0. The molecule has 2 heteroatoms. The van der Waals surface area contributed by atoms with Crippen molar-refractivity contribution in [1.82, 2.24) is 0 Å². The van der Waals surface area contributed by atoms with Crippen LogP contribution in [0.2, 0.25) is 0 Å². The van der Waals surface area contributed by atoms with E-state index < -0.39 is 0 Å². The normalized spacial score (nSPS) is 9.58. The first-order valence-electron chi connectivity index (χ1n) is 6.16. The number of para-hydroxylation sites is 1. The first kappa shape index (κ1) is 13.2. The smallest absolute Gasteiger partial charge is 0.122 e. The molecule has 0 spiro atoms. The van der Waals surface area contributed by atoms with Gasteiger partial charge in [-0.3, -0.25) is 0 Å². The Hall–Kier alpha value is -2.24. The molecule has 2 aromatic rings. The maximum Gasteiger partial charge on any atom is 0.122 e. The van der Waals surface area contributed by atoms with Crippen LogP contribution in [0.3, 0.4) is 0 Å². The minimum atomic E-state index is -0.121. The summed E-state index contributed by atoms with van der Waals surface area (Å²) in [5, 5.41) is 8.68. The molecule has 19 heavy (non-hydrogen) atoms. The van der Waals surface area contributed by atoms with E-state index in [1.165, 1.54) is 0 Å². The molecule has 0 aromatic heterocycles. The van der Waals surface area contributed by atoms with Crippen LogP contribution in [-0.2, 0) is 6.61 Å². The summed E-state index contributed by atoms with van der Waals surface area (Å²) in [7, 11) is 0. The van der Waals surface area contributed by atoms with Crippen LogP contribution in [0.5, 0.6) is 5.75 Å². The molecular weight excluding hydrogens is 236 g/mol. The molecule has 0 aliphatic carbocycles. The third kappa shape index (κ3) is 3.87. The van der Waals surface area contributed by atoms with E-state index in [1.807, 2.05) is 55.5 Å². The number of hydrogen-bond donors (Lipinski definition) is 1. The molecule has 2 nitrogen and oxygen atoms in total. The van der Waals surface area contributed by atoms with Gasteiger partial charge in [0.15, 0.2) is 0 Å². The first-order chi connectivity index (χ1) is 9.29. The minimum absolute atomic E-state index is 0.121. The molecule has 0 radical (unpaired) electrons. The van der Waals surface area contributed by atoms with Crippen molar-refractivity contribution in [3.8, 4) is 17.6 Å². The monoisotopic (exact) mass is 252 g/mol. The van der Waals surface area contributed by atoms with E-state index in [1.54, 1.807) is 0 Å². The van der Waals surface area contributed by atoms with Gasteiger partial charge in [0.05, 0.1) is 0 Å². The van der Waals surface area contributed by atoms with Gasteiger partial charge < -0.3 is 9.84 Å². The number of benzene rings is 2. The molecular formula is C17H16O2. The van der Waals surface area contributed by atoms with Gasteiger partial charge in [0.25, 0.3) is 0 Å². The van der Waals surface area contributed by atoms with Gasteiger partial charge in [0.2, 0.25) is 0 Å². The lowest BCUT2D eigenvalue weighted by Crippen LogP contribution is -1.97. The second kappa shape index (κ2) is 6.63. The summed E-state index contributed by atoms with van der Waals surface area (Å²) < 4.78 is 5.78. The second-order valence-electron chi connectivity index (χ2n) is 4.21. The van der Waals surface area contributed by atoms with Crippen molar-refractivity contribution in [2.45, 2.75) is 13.5 Å².